The van der Waals surface area contributed by atoms with Gasteiger partial charge < -0.3 is 19.6 Å². The molecule has 0 aliphatic heterocycles. The number of hydrogen-bond acceptors (Lipinski definition) is 4. The van der Waals surface area contributed by atoms with Gasteiger partial charge in [0.25, 0.3) is 8.32 Å². The number of aliphatic carboxylic acids is 1. The molecular formula is C25H35NO5Si. The maximum absolute atomic E-state index is 12.3. The molecule has 0 aliphatic rings. The third kappa shape index (κ3) is 5.98. The number of alkyl carbamates (subject to hydrolysis) is 1. The van der Waals surface area contributed by atoms with Crippen molar-refractivity contribution < 1.29 is 23.9 Å². The summed E-state index contributed by atoms with van der Waals surface area (Å²) in [5, 5.41) is 14.1. The Morgan fingerprint density at radius 1 is 0.875 bits per heavy atom. The van der Waals surface area contributed by atoms with Gasteiger partial charge in [-0.05, 0) is 43.1 Å². The van der Waals surface area contributed by atoms with E-state index in [1.165, 1.54) is 0 Å². The van der Waals surface area contributed by atoms with Crippen molar-refractivity contribution in [2.75, 3.05) is 0 Å². The summed E-state index contributed by atoms with van der Waals surface area (Å²) in [6.45, 7) is 13.2. The van der Waals surface area contributed by atoms with E-state index in [0.29, 0.717) is 0 Å². The van der Waals surface area contributed by atoms with Gasteiger partial charge in [-0.25, -0.2) is 9.59 Å². The predicted molar refractivity (Wildman–Crippen MR) is 129 cm³/mol. The van der Waals surface area contributed by atoms with Gasteiger partial charge in [-0.1, -0.05) is 81.4 Å². The fourth-order valence-corrected chi connectivity index (χ4v) is 8.56. The predicted octanol–water partition coefficient (Wildman–Crippen LogP) is 3.93. The molecule has 7 heteroatoms. The second kappa shape index (κ2) is 9.88. The zero-order valence-corrected chi connectivity index (χ0v) is 21.0. The van der Waals surface area contributed by atoms with Crippen LogP contribution in [0.4, 0.5) is 4.79 Å². The van der Waals surface area contributed by atoms with E-state index in [1.54, 1.807) is 27.7 Å². The van der Waals surface area contributed by atoms with Gasteiger partial charge in [0, 0.05) is 0 Å². The molecule has 6 nitrogen and oxygen atoms in total. The lowest BCUT2D eigenvalue weighted by Gasteiger charge is -2.45. The second-order valence-electron chi connectivity index (χ2n) is 9.95. The number of rotatable bonds is 7. The molecule has 0 radical (unpaired) electrons. The Labute approximate surface area is 192 Å². The normalized spacial score (nSPS) is 14.3. The molecule has 2 unspecified atom stereocenters. The SMILES string of the molecule is CC(O[Si](c1ccccc1)(c1ccccc1)C(C)(C)C)C(NC(=O)OC(C)(C)C)C(=O)O. The van der Waals surface area contributed by atoms with Crippen LogP contribution in [-0.2, 0) is 14.0 Å². The minimum atomic E-state index is -2.97. The average molecular weight is 458 g/mol. The fourth-order valence-electron chi connectivity index (χ4n) is 3.85. The highest BCUT2D eigenvalue weighted by Crippen LogP contribution is 2.37. The molecule has 2 N–H and O–H groups in total. The number of hydrogen-bond donors (Lipinski definition) is 2. The Hall–Kier alpha value is -2.64. The van der Waals surface area contributed by atoms with Crippen molar-refractivity contribution in [1.82, 2.24) is 5.32 Å². The molecule has 2 atom stereocenters. The summed E-state index contributed by atoms with van der Waals surface area (Å²) in [5.74, 6) is -1.18. The van der Waals surface area contributed by atoms with Crippen molar-refractivity contribution in [3.05, 3.63) is 60.7 Å². The van der Waals surface area contributed by atoms with Crippen LogP contribution in [0, 0.1) is 0 Å². The molecule has 0 saturated heterocycles. The zero-order chi connectivity index (χ0) is 24.2. The maximum atomic E-state index is 12.3. The van der Waals surface area contributed by atoms with E-state index in [-0.39, 0.29) is 5.04 Å². The summed E-state index contributed by atoms with van der Waals surface area (Å²) in [6, 6.07) is 18.6. The van der Waals surface area contributed by atoms with Crippen molar-refractivity contribution in [3.63, 3.8) is 0 Å². The molecule has 32 heavy (non-hydrogen) atoms. The first kappa shape index (κ1) is 25.6. The standard InChI is InChI=1S/C25H35NO5Si/c1-18(21(22(27)28)26-23(29)30-24(2,3)4)31-32(25(5,6)7,19-14-10-8-11-15-19)20-16-12-9-13-17-20/h8-18,21H,1-7H3,(H,26,29)(H,27,28). The third-order valence-corrected chi connectivity index (χ3v) is 10.3. The molecule has 174 valence electrons. The van der Waals surface area contributed by atoms with Crippen LogP contribution in [0.15, 0.2) is 60.7 Å². The van der Waals surface area contributed by atoms with E-state index in [0.717, 1.165) is 10.4 Å². The van der Waals surface area contributed by atoms with Gasteiger partial charge in [-0.3, -0.25) is 0 Å². The summed E-state index contributed by atoms with van der Waals surface area (Å²) >= 11 is 0. The second-order valence-corrected chi connectivity index (χ2v) is 14.2. The van der Waals surface area contributed by atoms with E-state index < -0.39 is 38.1 Å². The zero-order valence-electron chi connectivity index (χ0n) is 20.0. The molecule has 0 bridgehead atoms. The first-order valence-electron chi connectivity index (χ1n) is 10.8. The Kier molecular flexibility index (Phi) is 7.91. The van der Waals surface area contributed by atoms with Crippen LogP contribution in [0.25, 0.3) is 0 Å². The molecule has 0 aliphatic carbocycles. The van der Waals surface area contributed by atoms with E-state index in [4.69, 9.17) is 9.16 Å². The van der Waals surface area contributed by atoms with Crippen LogP contribution in [-0.4, -0.2) is 43.2 Å². The van der Waals surface area contributed by atoms with Crippen molar-refractivity contribution >= 4 is 30.8 Å². The monoisotopic (exact) mass is 457 g/mol. The van der Waals surface area contributed by atoms with Crippen LogP contribution in [0.1, 0.15) is 48.5 Å². The van der Waals surface area contributed by atoms with E-state index in [2.05, 4.69) is 26.1 Å². The Morgan fingerprint density at radius 2 is 1.31 bits per heavy atom. The fraction of sp³-hybridized carbons (Fsp3) is 0.440. The number of ether oxygens (including phenoxy) is 1. The number of amides is 1. The number of carboxylic acids is 1. The van der Waals surface area contributed by atoms with Crippen molar-refractivity contribution in [1.29, 1.82) is 0 Å². The van der Waals surface area contributed by atoms with Crippen LogP contribution in [0.2, 0.25) is 5.04 Å². The van der Waals surface area contributed by atoms with Gasteiger partial charge in [0.05, 0.1) is 6.10 Å². The lowest BCUT2D eigenvalue weighted by Crippen LogP contribution is -2.69. The number of carbonyl (C=O) groups is 2. The van der Waals surface area contributed by atoms with Gasteiger partial charge in [0.2, 0.25) is 0 Å². The van der Waals surface area contributed by atoms with Gasteiger partial charge >= 0.3 is 12.1 Å². The quantitative estimate of drug-likeness (QED) is 0.616. The van der Waals surface area contributed by atoms with Crippen LogP contribution < -0.4 is 15.7 Å². The van der Waals surface area contributed by atoms with Crippen molar-refractivity contribution in [2.45, 2.75) is 71.3 Å². The summed E-state index contributed by atoms with van der Waals surface area (Å²) in [7, 11) is -2.97. The van der Waals surface area contributed by atoms with Crippen LogP contribution >= 0.6 is 0 Å². The molecule has 2 aromatic carbocycles. The lowest BCUT2D eigenvalue weighted by atomic mass is 10.2. The van der Waals surface area contributed by atoms with Crippen molar-refractivity contribution in [3.8, 4) is 0 Å². The molecule has 0 spiro atoms. The first-order valence-corrected chi connectivity index (χ1v) is 12.7. The van der Waals surface area contributed by atoms with Gasteiger partial charge in [-0.15, -0.1) is 0 Å². The first-order chi connectivity index (χ1) is 14.8. The molecule has 2 aromatic rings. The smallest absolute Gasteiger partial charge is 0.408 e. The maximum Gasteiger partial charge on any atom is 0.408 e. The lowest BCUT2D eigenvalue weighted by molar-refractivity contribution is -0.141. The number of benzene rings is 2. The van der Waals surface area contributed by atoms with Gasteiger partial charge in [0.15, 0.2) is 6.04 Å². The van der Waals surface area contributed by atoms with E-state index in [9.17, 15) is 14.7 Å². The highest BCUT2D eigenvalue weighted by Gasteiger charge is 2.52. The van der Waals surface area contributed by atoms with E-state index >= 15 is 0 Å². The molecule has 0 saturated carbocycles. The van der Waals surface area contributed by atoms with Gasteiger partial charge in [-0.2, -0.15) is 0 Å². The van der Waals surface area contributed by atoms with Crippen LogP contribution in [0.3, 0.4) is 0 Å². The molecule has 0 fully saturated rings. The molecule has 2 rings (SSSR count). The molecular weight excluding hydrogens is 422 g/mol. The Bertz CT molecular complexity index is 864. The summed E-state index contributed by atoms with van der Waals surface area (Å²) < 4.78 is 12.1. The number of nitrogens with one attached hydrogen (secondary N) is 1. The Morgan fingerprint density at radius 3 is 1.66 bits per heavy atom. The molecule has 0 aromatic heterocycles. The number of carboxylic acid groups (broad SMARTS) is 1. The summed E-state index contributed by atoms with van der Waals surface area (Å²) in [5.41, 5.74) is -0.741. The minimum Gasteiger partial charge on any atom is -0.480 e. The average Bonchev–Trinajstić information content (AvgIpc) is 2.69. The Balaban J connectivity index is 2.53. The van der Waals surface area contributed by atoms with E-state index in [1.807, 2.05) is 60.7 Å². The largest absolute Gasteiger partial charge is 0.480 e. The highest BCUT2D eigenvalue weighted by molar-refractivity contribution is 6.99. The highest BCUT2D eigenvalue weighted by atomic mass is 28.4. The minimum absolute atomic E-state index is 0.320. The third-order valence-electron chi connectivity index (χ3n) is 5.19. The van der Waals surface area contributed by atoms with Crippen LogP contribution in [0.5, 0.6) is 0 Å². The van der Waals surface area contributed by atoms with Crippen molar-refractivity contribution in [2.24, 2.45) is 0 Å². The summed E-state index contributed by atoms with van der Waals surface area (Å²) in [6.07, 6.45) is -1.60. The topological polar surface area (TPSA) is 84.9 Å². The number of carbonyl (C=O) groups excluding carboxylic acids is 1. The molecule has 1 amide bonds. The molecule has 0 heterocycles. The summed E-state index contributed by atoms with van der Waals surface area (Å²) in [4.78, 5) is 24.5. The van der Waals surface area contributed by atoms with Gasteiger partial charge in [0.1, 0.15) is 5.60 Å².